The van der Waals surface area contributed by atoms with Crippen LogP contribution < -0.4 is 10.1 Å². The number of hydrogen-bond acceptors (Lipinski definition) is 3. The first-order valence-corrected chi connectivity index (χ1v) is 7.71. The Bertz CT molecular complexity index is 760. The maximum absolute atomic E-state index is 12.2. The van der Waals surface area contributed by atoms with Gasteiger partial charge in [0.05, 0.1) is 18.2 Å². The van der Waals surface area contributed by atoms with Crippen molar-refractivity contribution in [1.82, 2.24) is 5.32 Å². The van der Waals surface area contributed by atoms with Gasteiger partial charge < -0.3 is 10.1 Å². The lowest BCUT2D eigenvalue weighted by Crippen LogP contribution is -2.34. The highest BCUT2D eigenvalue weighted by Gasteiger charge is 2.14. The Morgan fingerprint density at radius 1 is 1.30 bits per heavy atom. The van der Waals surface area contributed by atoms with E-state index < -0.39 is 0 Å². The largest absolute Gasteiger partial charge is 0.493 e. The van der Waals surface area contributed by atoms with Crippen LogP contribution in [0.3, 0.4) is 0 Å². The molecule has 4 heteroatoms. The van der Waals surface area contributed by atoms with Crippen LogP contribution in [-0.4, -0.2) is 18.6 Å². The van der Waals surface area contributed by atoms with Crippen LogP contribution >= 0.6 is 0 Å². The van der Waals surface area contributed by atoms with Gasteiger partial charge in [-0.15, -0.1) is 0 Å². The number of fused-ring (bicyclic) bond motifs is 1. The van der Waals surface area contributed by atoms with Gasteiger partial charge in [-0.05, 0) is 54.8 Å². The fourth-order valence-corrected chi connectivity index (χ4v) is 2.77. The molecule has 23 heavy (non-hydrogen) atoms. The van der Waals surface area contributed by atoms with Gasteiger partial charge >= 0.3 is 0 Å². The van der Waals surface area contributed by atoms with E-state index in [1.165, 1.54) is 11.1 Å². The van der Waals surface area contributed by atoms with Crippen LogP contribution in [0, 0.1) is 11.3 Å². The number of carbonyl (C=O) groups is 1. The number of carbonyl (C=O) groups excluding carboxylic acids is 1. The van der Waals surface area contributed by atoms with Gasteiger partial charge in [0.15, 0.2) is 0 Å². The lowest BCUT2D eigenvalue weighted by atomic mass is 10.0. The SMILES string of the molecule is C[C@@H](Cc1ccc2c(c1)CCO2)NC(=O)c1ccc(C#N)cc1. The Morgan fingerprint density at radius 2 is 2.09 bits per heavy atom. The van der Waals surface area contributed by atoms with Gasteiger partial charge in [0.2, 0.25) is 0 Å². The molecule has 0 radical (unpaired) electrons. The van der Waals surface area contributed by atoms with Gasteiger partial charge in [-0.1, -0.05) is 12.1 Å². The summed E-state index contributed by atoms with van der Waals surface area (Å²) in [4.78, 5) is 12.2. The van der Waals surface area contributed by atoms with Gasteiger partial charge in [-0.2, -0.15) is 5.26 Å². The van der Waals surface area contributed by atoms with E-state index in [2.05, 4.69) is 17.4 Å². The molecule has 1 N–H and O–H groups in total. The van der Waals surface area contributed by atoms with E-state index in [-0.39, 0.29) is 11.9 Å². The van der Waals surface area contributed by atoms with Crippen molar-refractivity contribution in [2.75, 3.05) is 6.61 Å². The van der Waals surface area contributed by atoms with Crippen molar-refractivity contribution in [2.24, 2.45) is 0 Å². The van der Waals surface area contributed by atoms with Crippen molar-refractivity contribution in [2.45, 2.75) is 25.8 Å². The third-order valence-corrected chi connectivity index (χ3v) is 3.95. The molecule has 0 aromatic heterocycles. The Hall–Kier alpha value is -2.80. The van der Waals surface area contributed by atoms with Crippen LogP contribution in [0.5, 0.6) is 5.75 Å². The highest BCUT2D eigenvalue weighted by atomic mass is 16.5. The Kier molecular flexibility index (Phi) is 4.29. The molecule has 0 fully saturated rings. The first-order chi connectivity index (χ1) is 11.2. The molecular formula is C19H18N2O2. The second-order valence-electron chi connectivity index (χ2n) is 5.81. The number of nitrogens with zero attached hydrogens (tertiary/aromatic N) is 1. The quantitative estimate of drug-likeness (QED) is 0.944. The number of rotatable bonds is 4. The fraction of sp³-hybridized carbons (Fsp3) is 0.263. The van der Waals surface area contributed by atoms with E-state index in [9.17, 15) is 4.79 Å². The lowest BCUT2D eigenvalue weighted by molar-refractivity contribution is 0.0940. The summed E-state index contributed by atoms with van der Waals surface area (Å²) in [6, 6.07) is 14.9. The minimum Gasteiger partial charge on any atom is -0.493 e. The molecule has 1 heterocycles. The van der Waals surface area contributed by atoms with Crippen molar-refractivity contribution in [3.8, 4) is 11.8 Å². The third-order valence-electron chi connectivity index (χ3n) is 3.95. The average molecular weight is 306 g/mol. The Labute approximate surface area is 135 Å². The first-order valence-electron chi connectivity index (χ1n) is 7.71. The summed E-state index contributed by atoms with van der Waals surface area (Å²) in [6.45, 7) is 2.75. The minimum atomic E-state index is -0.119. The summed E-state index contributed by atoms with van der Waals surface area (Å²) >= 11 is 0. The second kappa shape index (κ2) is 6.53. The topological polar surface area (TPSA) is 62.1 Å². The zero-order chi connectivity index (χ0) is 16.2. The highest BCUT2D eigenvalue weighted by Crippen LogP contribution is 2.26. The third kappa shape index (κ3) is 3.51. The normalized spacial score (nSPS) is 13.6. The van der Waals surface area contributed by atoms with Crippen molar-refractivity contribution in [1.29, 1.82) is 5.26 Å². The summed E-state index contributed by atoms with van der Waals surface area (Å²) in [5, 5.41) is 11.8. The predicted molar refractivity (Wildman–Crippen MR) is 87.4 cm³/mol. The van der Waals surface area contributed by atoms with Crippen LogP contribution in [-0.2, 0) is 12.8 Å². The maximum atomic E-state index is 12.2. The number of benzene rings is 2. The summed E-state index contributed by atoms with van der Waals surface area (Å²) in [5.41, 5.74) is 3.56. The van der Waals surface area contributed by atoms with Crippen LogP contribution in [0.2, 0.25) is 0 Å². The number of hydrogen-bond donors (Lipinski definition) is 1. The predicted octanol–water partition coefficient (Wildman–Crippen LogP) is 2.85. The van der Waals surface area contributed by atoms with Gasteiger partial charge in [0.1, 0.15) is 5.75 Å². The molecule has 2 aromatic carbocycles. The Morgan fingerprint density at radius 3 is 2.83 bits per heavy atom. The molecule has 4 nitrogen and oxygen atoms in total. The standard InChI is InChI=1S/C19H18N2O2/c1-13(10-15-4-7-18-17(11-15)8-9-23-18)21-19(22)16-5-2-14(12-20)3-6-16/h2-7,11,13H,8-10H2,1H3,(H,21,22)/t13-/m0/s1. The molecule has 1 atom stereocenters. The van der Waals surface area contributed by atoms with E-state index in [1.54, 1.807) is 24.3 Å². The van der Waals surface area contributed by atoms with Gasteiger partial charge in [0.25, 0.3) is 5.91 Å². The number of ether oxygens (including phenoxy) is 1. The van der Waals surface area contributed by atoms with Gasteiger partial charge in [0, 0.05) is 18.0 Å². The number of nitrogens with one attached hydrogen (secondary N) is 1. The summed E-state index contributed by atoms with van der Waals surface area (Å²) in [5.74, 6) is 0.856. The van der Waals surface area contributed by atoms with Crippen molar-refractivity contribution in [3.05, 3.63) is 64.7 Å². The van der Waals surface area contributed by atoms with Gasteiger partial charge in [-0.25, -0.2) is 0 Å². The number of amides is 1. The molecule has 0 bridgehead atoms. The molecule has 0 unspecified atom stereocenters. The minimum absolute atomic E-state index is 0.0264. The highest BCUT2D eigenvalue weighted by molar-refractivity contribution is 5.94. The van der Waals surface area contributed by atoms with E-state index in [1.807, 2.05) is 19.1 Å². The molecule has 116 valence electrons. The molecule has 0 saturated carbocycles. The van der Waals surface area contributed by atoms with Gasteiger partial charge in [-0.3, -0.25) is 4.79 Å². The monoisotopic (exact) mass is 306 g/mol. The summed E-state index contributed by atoms with van der Waals surface area (Å²) < 4.78 is 5.51. The molecule has 0 spiro atoms. The lowest BCUT2D eigenvalue weighted by Gasteiger charge is -2.14. The summed E-state index contributed by atoms with van der Waals surface area (Å²) in [6.07, 6.45) is 1.73. The fourth-order valence-electron chi connectivity index (χ4n) is 2.77. The van der Waals surface area contributed by atoms with Crippen molar-refractivity contribution in [3.63, 3.8) is 0 Å². The van der Waals surface area contributed by atoms with E-state index in [0.717, 1.165) is 25.2 Å². The first kappa shape index (κ1) is 15.1. The van der Waals surface area contributed by atoms with Crippen LogP contribution in [0.1, 0.15) is 34.0 Å². The average Bonchev–Trinajstić information content (AvgIpc) is 3.02. The molecule has 1 aliphatic heterocycles. The van der Waals surface area contributed by atoms with Crippen LogP contribution in [0.15, 0.2) is 42.5 Å². The van der Waals surface area contributed by atoms with E-state index in [4.69, 9.17) is 10.00 Å². The number of nitriles is 1. The zero-order valence-corrected chi connectivity index (χ0v) is 13.0. The molecule has 2 aromatic rings. The van der Waals surface area contributed by atoms with Crippen LogP contribution in [0.25, 0.3) is 0 Å². The van der Waals surface area contributed by atoms with Crippen molar-refractivity contribution >= 4 is 5.91 Å². The zero-order valence-electron chi connectivity index (χ0n) is 13.0. The molecule has 3 rings (SSSR count). The smallest absolute Gasteiger partial charge is 0.251 e. The molecule has 1 amide bonds. The second-order valence-corrected chi connectivity index (χ2v) is 5.81. The maximum Gasteiger partial charge on any atom is 0.251 e. The molecule has 0 aliphatic carbocycles. The Balaban J connectivity index is 1.61. The van der Waals surface area contributed by atoms with E-state index >= 15 is 0 Å². The summed E-state index contributed by atoms with van der Waals surface area (Å²) in [7, 11) is 0. The molecule has 0 saturated heterocycles. The van der Waals surface area contributed by atoms with E-state index in [0.29, 0.717) is 11.1 Å². The molecular weight excluding hydrogens is 288 g/mol. The molecule has 1 aliphatic rings. The van der Waals surface area contributed by atoms with Crippen LogP contribution in [0.4, 0.5) is 0 Å². The van der Waals surface area contributed by atoms with Crippen molar-refractivity contribution < 1.29 is 9.53 Å².